The molecule has 3 rings (SSSR count). The maximum Gasteiger partial charge on any atom is 0.337 e. The lowest BCUT2D eigenvalue weighted by atomic mass is 10.00. The number of nitrogens with one attached hydrogen (secondary N) is 1. The lowest BCUT2D eigenvalue weighted by Gasteiger charge is -2.29. The van der Waals surface area contributed by atoms with Crippen LogP contribution in [-0.2, 0) is 11.2 Å². The summed E-state index contributed by atoms with van der Waals surface area (Å²) in [5.74, 6) is 0.618. The van der Waals surface area contributed by atoms with E-state index in [1.807, 2.05) is 25.2 Å². The number of methoxy groups -OCH3 is 1. The van der Waals surface area contributed by atoms with Crippen molar-refractivity contribution in [1.29, 1.82) is 0 Å². The third-order valence-corrected chi connectivity index (χ3v) is 4.94. The second-order valence-electron chi connectivity index (χ2n) is 6.70. The fourth-order valence-corrected chi connectivity index (χ4v) is 3.35. The number of hydrogen-bond acceptors (Lipinski definition) is 3. The molecule has 0 saturated heterocycles. The summed E-state index contributed by atoms with van der Waals surface area (Å²) in [4.78, 5) is 18.2. The minimum atomic E-state index is -0.307. The van der Waals surface area contributed by atoms with Gasteiger partial charge in [-0.25, -0.2) is 4.79 Å². The van der Waals surface area contributed by atoms with Gasteiger partial charge in [0.2, 0.25) is 0 Å². The molecule has 0 atom stereocenters. The van der Waals surface area contributed by atoms with Gasteiger partial charge in [0.05, 0.1) is 12.7 Å². The van der Waals surface area contributed by atoms with Crippen LogP contribution in [0.25, 0.3) is 5.57 Å². The Morgan fingerprint density at radius 2 is 1.86 bits per heavy atom. The first-order valence-electron chi connectivity index (χ1n) is 9.58. The Labute approximate surface area is 189 Å². The lowest BCUT2D eigenvalue weighted by molar-refractivity contribution is 0.0600. The van der Waals surface area contributed by atoms with Gasteiger partial charge in [-0.05, 0) is 41.7 Å². The second kappa shape index (κ2) is 11.6. The molecule has 1 heterocycles. The van der Waals surface area contributed by atoms with Crippen LogP contribution < -0.4 is 5.32 Å². The summed E-state index contributed by atoms with van der Waals surface area (Å²) < 4.78 is 4.73. The Morgan fingerprint density at radius 1 is 1.14 bits per heavy atom. The van der Waals surface area contributed by atoms with Crippen LogP contribution in [0.5, 0.6) is 0 Å². The van der Waals surface area contributed by atoms with Gasteiger partial charge in [0.1, 0.15) is 0 Å². The molecule has 2 aromatic carbocycles. The van der Waals surface area contributed by atoms with Gasteiger partial charge in [-0.15, -0.1) is 24.0 Å². The van der Waals surface area contributed by atoms with Crippen molar-refractivity contribution in [3.63, 3.8) is 0 Å². The Bertz CT molecular complexity index is 848. The molecule has 0 unspecified atom stereocenters. The van der Waals surface area contributed by atoms with Crippen molar-refractivity contribution < 1.29 is 9.53 Å². The maximum absolute atomic E-state index is 11.5. The third kappa shape index (κ3) is 6.32. The molecule has 1 aliphatic heterocycles. The molecule has 5 nitrogen and oxygen atoms in total. The fraction of sp³-hybridized carbons (Fsp3) is 0.304. The number of halogens is 1. The highest BCUT2D eigenvalue weighted by Gasteiger charge is 2.15. The number of hydrogen-bond donors (Lipinski definition) is 1. The summed E-state index contributed by atoms with van der Waals surface area (Å²) in [6, 6.07) is 18.1. The summed E-state index contributed by atoms with van der Waals surface area (Å²) in [7, 11) is 3.22. The highest BCUT2D eigenvalue weighted by Crippen LogP contribution is 2.21. The first-order chi connectivity index (χ1) is 13.7. The number of guanidine groups is 1. The predicted octanol–water partition coefficient (Wildman–Crippen LogP) is 4.00. The minimum absolute atomic E-state index is 0. The van der Waals surface area contributed by atoms with Crippen LogP contribution in [0.3, 0.4) is 0 Å². The second-order valence-corrected chi connectivity index (χ2v) is 6.70. The molecule has 29 heavy (non-hydrogen) atoms. The molecule has 0 amide bonds. The van der Waals surface area contributed by atoms with Crippen molar-refractivity contribution in [2.75, 3.05) is 33.8 Å². The number of esters is 1. The van der Waals surface area contributed by atoms with Gasteiger partial charge in [-0.1, -0.05) is 48.5 Å². The van der Waals surface area contributed by atoms with E-state index in [4.69, 9.17) is 4.74 Å². The number of nitrogens with zero attached hydrogens (tertiary/aromatic N) is 2. The van der Waals surface area contributed by atoms with Crippen molar-refractivity contribution in [3.8, 4) is 0 Å². The Kier molecular flexibility index (Phi) is 9.18. The van der Waals surface area contributed by atoms with Crippen LogP contribution in [0.2, 0.25) is 0 Å². The van der Waals surface area contributed by atoms with Gasteiger partial charge in [-0.3, -0.25) is 4.99 Å². The van der Waals surface area contributed by atoms with Gasteiger partial charge in [0.25, 0.3) is 0 Å². The van der Waals surface area contributed by atoms with Crippen LogP contribution in [-0.4, -0.2) is 50.6 Å². The maximum atomic E-state index is 11.5. The zero-order chi connectivity index (χ0) is 19.8. The van der Waals surface area contributed by atoms with Crippen LogP contribution in [0.15, 0.2) is 65.7 Å². The van der Waals surface area contributed by atoms with Gasteiger partial charge in [-0.2, -0.15) is 0 Å². The van der Waals surface area contributed by atoms with Crippen LogP contribution >= 0.6 is 24.0 Å². The SMILES string of the molecule is CN=C(NCCc1ccc(C(=O)OC)cc1)N1CC=C(c2ccccc2)CC1.I. The molecule has 1 aliphatic rings. The molecule has 0 spiro atoms. The van der Waals surface area contributed by atoms with Crippen LogP contribution in [0.1, 0.15) is 27.9 Å². The summed E-state index contributed by atoms with van der Waals surface area (Å²) in [6.07, 6.45) is 4.16. The molecule has 0 saturated carbocycles. The molecule has 154 valence electrons. The van der Waals surface area contributed by atoms with E-state index in [0.717, 1.165) is 38.4 Å². The van der Waals surface area contributed by atoms with E-state index in [1.165, 1.54) is 23.8 Å². The zero-order valence-electron chi connectivity index (χ0n) is 16.9. The third-order valence-electron chi connectivity index (χ3n) is 4.94. The van der Waals surface area contributed by atoms with E-state index in [1.54, 1.807) is 12.1 Å². The Morgan fingerprint density at radius 3 is 2.45 bits per heavy atom. The first kappa shape index (κ1) is 22.9. The molecule has 0 aliphatic carbocycles. The summed E-state index contributed by atoms with van der Waals surface area (Å²) in [6.45, 7) is 2.60. The largest absolute Gasteiger partial charge is 0.465 e. The quantitative estimate of drug-likeness (QED) is 0.289. The topological polar surface area (TPSA) is 53.9 Å². The highest BCUT2D eigenvalue weighted by molar-refractivity contribution is 14.0. The number of aliphatic imine (C=N–C) groups is 1. The predicted molar refractivity (Wildman–Crippen MR) is 129 cm³/mol. The number of ether oxygens (including phenoxy) is 1. The molecule has 0 aromatic heterocycles. The van der Waals surface area contributed by atoms with Gasteiger partial charge in [0.15, 0.2) is 5.96 Å². The van der Waals surface area contributed by atoms with Gasteiger partial charge < -0.3 is 15.0 Å². The van der Waals surface area contributed by atoms with Crippen LogP contribution in [0, 0.1) is 0 Å². The smallest absolute Gasteiger partial charge is 0.337 e. The van der Waals surface area contributed by atoms with Crippen molar-refractivity contribution in [1.82, 2.24) is 10.2 Å². The van der Waals surface area contributed by atoms with Crippen molar-refractivity contribution >= 4 is 41.5 Å². The van der Waals surface area contributed by atoms with Crippen molar-refractivity contribution in [3.05, 3.63) is 77.4 Å². The van der Waals surface area contributed by atoms with E-state index in [2.05, 4.69) is 45.6 Å². The first-order valence-corrected chi connectivity index (χ1v) is 9.58. The highest BCUT2D eigenvalue weighted by atomic mass is 127. The number of benzene rings is 2. The number of carbonyl (C=O) groups excluding carboxylic acids is 1. The van der Waals surface area contributed by atoms with Crippen LogP contribution in [0.4, 0.5) is 0 Å². The van der Waals surface area contributed by atoms with E-state index in [9.17, 15) is 4.79 Å². The van der Waals surface area contributed by atoms with E-state index in [-0.39, 0.29) is 29.9 Å². The minimum Gasteiger partial charge on any atom is -0.465 e. The van der Waals surface area contributed by atoms with E-state index in [0.29, 0.717) is 5.56 Å². The normalized spacial score (nSPS) is 13.9. The molecule has 2 aromatic rings. The molecule has 6 heteroatoms. The number of carbonyl (C=O) groups is 1. The monoisotopic (exact) mass is 505 g/mol. The zero-order valence-corrected chi connectivity index (χ0v) is 19.3. The lowest BCUT2D eigenvalue weighted by Crippen LogP contribution is -2.44. The Balaban J connectivity index is 0.00000300. The van der Waals surface area contributed by atoms with Gasteiger partial charge >= 0.3 is 5.97 Å². The van der Waals surface area contributed by atoms with E-state index >= 15 is 0 Å². The molecular formula is C23H28IN3O2. The summed E-state index contributed by atoms with van der Waals surface area (Å²) in [5.41, 5.74) is 4.45. The summed E-state index contributed by atoms with van der Waals surface area (Å²) in [5, 5.41) is 3.45. The summed E-state index contributed by atoms with van der Waals surface area (Å²) >= 11 is 0. The standard InChI is InChI=1S/C23H27N3O2.HI/c1-24-23(25-15-12-18-8-10-21(11-9-18)22(27)28-2)26-16-13-20(14-17-26)19-6-4-3-5-7-19;/h3-11,13H,12,14-17H2,1-2H3,(H,24,25);1H. The average molecular weight is 505 g/mol. The van der Waals surface area contributed by atoms with E-state index < -0.39 is 0 Å². The Hall–Kier alpha value is -2.35. The molecule has 0 radical (unpaired) electrons. The molecule has 0 bridgehead atoms. The van der Waals surface area contributed by atoms with Crippen molar-refractivity contribution in [2.45, 2.75) is 12.8 Å². The fourth-order valence-electron chi connectivity index (χ4n) is 3.35. The van der Waals surface area contributed by atoms with Crippen molar-refractivity contribution in [2.24, 2.45) is 4.99 Å². The average Bonchev–Trinajstić information content (AvgIpc) is 2.77. The molecule has 1 N–H and O–H groups in total. The number of rotatable bonds is 5. The molecule has 0 fully saturated rings. The molecular weight excluding hydrogens is 477 g/mol. The van der Waals surface area contributed by atoms with Gasteiger partial charge in [0, 0.05) is 26.7 Å².